The molecule has 1 heterocycles. The molecule has 0 aromatic heterocycles. The maximum atomic E-state index is 11.6. The highest BCUT2D eigenvalue weighted by atomic mass is 16.1. The van der Waals surface area contributed by atoms with Crippen molar-refractivity contribution >= 4 is 17.3 Å². The molecule has 0 spiro atoms. The van der Waals surface area contributed by atoms with Crippen LogP contribution in [0.15, 0.2) is 18.2 Å². The van der Waals surface area contributed by atoms with Crippen LogP contribution < -0.4 is 16.4 Å². The molecular weight excluding hydrogens is 238 g/mol. The number of anilines is 2. The van der Waals surface area contributed by atoms with Crippen LogP contribution in [0.2, 0.25) is 0 Å². The number of nitrogens with zero attached hydrogens (tertiary/aromatic N) is 1. The number of hydrogen-bond donors (Lipinski definition) is 2. The number of hydrogen-bond acceptors (Lipinski definition) is 3. The summed E-state index contributed by atoms with van der Waals surface area (Å²) < 4.78 is 0. The largest absolute Gasteiger partial charge is 0.397 e. The molecule has 2 rings (SSSR count). The molecule has 1 aromatic carbocycles. The zero-order valence-electron chi connectivity index (χ0n) is 11.6. The van der Waals surface area contributed by atoms with Crippen LogP contribution in [0.5, 0.6) is 0 Å². The summed E-state index contributed by atoms with van der Waals surface area (Å²) in [5, 5.41) is 0. The number of rotatable bonds is 3. The van der Waals surface area contributed by atoms with E-state index >= 15 is 0 Å². The van der Waals surface area contributed by atoms with Crippen molar-refractivity contribution in [3.63, 3.8) is 0 Å². The quantitative estimate of drug-likeness (QED) is 0.821. The topological polar surface area (TPSA) is 72.3 Å². The molecule has 104 valence electrons. The molecule has 1 atom stereocenters. The van der Waals surface area contributed by atoms with E-state index in [-0.39, 0.29) is 0 Å². The van der Waals surface area contributed by atoms with Crippen LogP contribution >= 0.6 is 0 Å². The summed E-state index contributed by atoms with van der Waals surface area (Å²) in [7, 11) is 0. The first kappa shape index (κ1) is 13.7. The summed E-state index contributed by atoms with van der Waals surface area (Å²) >= 11 is 0. The highest BCUT2D eigenvalue weighted by molar-refractivity contribution is 6.01. The number of carbonyl (C=O) groups excluding carboxylic acids is 1. The van der Waals surface area contributed by atoms with Gasteiger partial charge in [0.1, 0.15) is 0 Å². The third-order valence-electron chi connectivity index (χ3n) is 3.97. The summed E-state index contributed by atoms with van der Waals surface area (Å²) in [6, 6.07) is 5.85. The predicted molar refractivity (Wildman–Crippen MR) is 79.3 cm³/mol. The van der Waals surface area contributed by atoms with E-state index in [1.807, 2.05) is 6.07 Å². The summed E-state index contributed by atoms with van der Waals surface area (Å²) in [5.41, 5.74) is 13.6. The molecule has 1 aliphatic rings. The van der Waals surface area contributed by atoms with E-state index in [0.717, 1.165) is 31.5 Å². The van der Waals surface area contributed by atoms with Crippen LogP contribution in [0.25, 0.3) is 0 Å². The molecule has 0 saturated carbocycles. The lowest BCUT2D eigenvalue weighted by atomic mass is 10.0. The highest BCUT2D eigenvalue weighted by Crippen LogP contribution is 2.33. The van der Waals surface area contributed by atoms with Gasteiger partial charge in [0.25, 0.3) is 5.91 Å². The normalized spacial score (nSPS) is 20.1. The Hall–Kier alpha value is -1.71. The molecule has 1 fully saturated rings. The lowest BCUT2D eigenvalue weighted by Gasteiger charge is -2.33. The monoisotopic (exact) mass is 261 g/mol. The molecule has 1 unspecified atom stereocenters. The summed E-state index contributed by atoms with van der Waals surface area (Å²) in [6.07, 6.45) is 5.85. The molecule has 1 aliphatic heterocycles. The van der Waals surface area contributed by atoms with E-state index < -0.39 is 5.91 Å². The molecule has 19 heavy (non-hydrogen) atoms. The van der Waals surface area contributed by atoms with Gasteiger partial charge in [-0.2, -0.15) is 0 Å². The van der Waals surface area contributed by atoms with Crippen molar-refractivity contribution in [1.29, 1.82) is 0 Å². The molecule has 4 heteroatoms. The molecule has 1 aromatic rings. The number of carbonyl (C=O) groups is 1. The van der Waals surface area contributed by atoms with Crippen LogP contribution in [-0.2, 0) is 0 Å². The third-order valence-corrected chi connectivity index (χ3v) is 3.97. The number of nitrogens with two attached hydrogens (primary N) is 2. The first-order chi connectivity index (χ1) is 9.15. The van der Waals surface area contributed by atoms with Gasteiger partial charge in [-0.3, -0.25) is 4.79 Å². The van der Waals surface area contributed by atoms with Crippen molar-refractivity contribution < 1.29 is 4.79 Å². The summed E-state index contributed by atoms with van der Waals surface area (Å²) in [5.74, 6) is -0.401. The van der Waals surface area contributed by atoms with Crippen molar-refractivity contribution in [2.24, 2.45) is 5.73 Å². The zero-order chi connectivity index (χ0) is 13.8. The predicted octanol–water partition coefficient (Wildman–Crippen LogP) is 2.53. The van der Waals surface area contributed by atoms with E-state index in [1.54, 1.807) is 12.1 Å². The molecule has 1 amide bonds. The number of primary amides is 1. The molecule has 0 aliphatic carbocycles. The van der Waals surface area contributed by atoms with Gasteiger partial charge in [0, 0.05) is 12.6 Å². The Morgan fingerprint density at radius 1 is 1.37 bits per heavy atom. The van der Waals surface area contributed by atoms with Crippen LogP contribution in [0, 0.1) is 0 Å². The smallest absolute Gasteiger partial charge is 0.250 e. The molecule has 4 N–H and O–H groups in total. The van der Waals surface area contributed by atoms with Gasteiger partial charge in [-0.05, 0) is 31.4 Å². The fourth-order valence-corrected chi connectivity index (χ4v) is 2.98. The van der Waals surface area contributed by atoms with Gasteiger partial charge in [0.15, 0.2) is 0 Å². The fraction of sp³-hybridized carbons (Fsp3) is 0.533. The van der Waals surface area contributed by atoms with Crippen LogP contribution in [0.1, 0.15) is 49.4 Å². The Kier molecular flexibility index (Phi) is 4.30. The Bertz CT molecular complexity index is 459. The van der Waals surface area contributed by atoms with Gasteiger partial charge in [0.2, 0.25) is 0 Å². The molecule has 1 saturated heterocycles. The SMILES string of the molecule is CCC1CCCCCN1c1c(N)cccc1C(N)=O. The Labute approximate surface area is 114 Å². The lowest BCUT2D eigenvalue weighted by molar-refractivity contribution is 0.100. The minimum absolute atomic E-state index is 0.401. The molecule has 0 radical (unpaired) electrons. The zero-order valence-corrected chi connectivity index (χ0v) is 11.6. The minimum Gasteiger partial charge on any atom is -0.397 e. The average molecular weight is 261 g/mol. The molecule has 0 bridgehead atoms. The van der Waals surface area contributed by atoms with Crippen molar-refractivity contribution in [3.05, 3.63) is 23.8 Å². The van der Waals surface area contributed by atoms with Gasteiger partial charge in [0.05, 0.1) is 16.9 Å². The average Bonchev–Trinajstić information content (AvgIpc) is 2.63. The number of amides is 1. The Morgan fingerprint density at radius 2 is 2.16 bits per heavy atom. The Balaban J connectivity index is 2.45. The van der Waals surface area contributed by atoms with Crippen molar-refractivity contribution in [2.75, 3.05) is 17.2 Å². The second-order valence-corrected chi connectivity index (χ2v) is 5.21. The van der Waals surface area contributed by atoms with Crippen molar-refractivity contribution in [2.45, 2.75) is 45.1 Å². The molecular formula is C15H23N3O. The van der Waals surface area contributed by atoms with E-state index in [4.69, 9.17) is 11.5 Å². The first-order valence-electron chi connectivity index (χ1n) is 7.10. The standard InChI is InChI=1S/C15H23N3O/c1-2-11-7-4-3-5-10-18(11)14-12(15(17)19)8-6-9-13(14)16/h6,8-9,11H,2-5,7,10,16H2,1H3,(H2,17,19). The maximum Gasteiger partial charge on any atom is 0.250 e. The first-order valence-corrected chi connectivity index (χ1v) is 7.10. The minimum atomic E-state index is -0.401. The summed E-state index contributed by atoms with van der Waals surface area (Å²) in [6.45, 7) is 3.14. The van der Waals surface area contributed by atoms with Gasteiger partial charge >= 0.3 is 0 Å². The van der Waals surface area contributed by atoms with Gasteiger partial charge in [-0.1, -0.05) is 25.8 Å². The van der Waals surface area contributed by atoms with E-state index in [9.17, 15) is 4.79 Å². The third kappa shape index (κ3) is 2.83. The lowest BCUT2D eigenvalue weighted by Crippen LogP contribution is -2.36. The number of benzene rings is 1. The van der Waals surface area contributed by atoms with Gasteiger partial charge in [-0.25, -0.2) is 0 Å². The fourth-order valence-electron chi connectivity index (χ4n) is 2.98. The van der Waals surface area contributed by atoms with E-state index in [2.05, 4.69) is 11.8 Å². The van der Waals surface area contributed by atoms with E-state index in [1.165, 1.54) is 12.8 Å². The Morgan fingerprint density at radius 3 is 2.84 bits per heavy atom. The maximum absolute atomic E-state index is 11.6. The number of para-hydroxylation sites is 1. The second-order valence-electron chi connectivity index (χ2n) is 5.21. The van der Waals surface area contributed by atoms with Gasteiger partial charge < -0.3 is 16.4 Å². The van der Waals surface area contributed by atoms with Crippen molar-refractivity contribution in [1.82, 2.24) is 0 Å². The van der Waals surface area contributed by atoms with Gasteiger partial charge in [-0.15, -0.1) is 0 Å². The van der Waals surface area contributed by atoms with Crippen LogP contribution in [0.4, 0.5) is 11.4 Å². The van der Waals surface area contributed by atoms with E-state index in [0.29, 0.717) is 17.3 Å². The summed E-state index contributed by atoms with van der Waals surface area (Å²) in [4.78, 5) is 13.9. The van der Waals surface area contributed by atoms with Crippen LogP contribution in [0.3, 0.4) is 0 Å². The molecule has 4 nitrogen and oxygen atoms in total. The van der Waals surface area contributed by atoms with Crippen LogP contribution in [-0.4, -0.2) is 18.5 Å². The highest BCUT2D eigenvalue weighted by Gasteiger charge is 2.24. The van der Waals surface area contributed by atoms with Crippen molar-refractivity contribution in [3.8, 4) is 0 Å². The second kappa shape index (κ2) is 5.95. The number of nitrogen functional groups attached to an aromatic ring is 1.